The number of ether oxygens (including phenoxy) is 1. The zero-order valence-electron chi connectivity index (χ0n) is 9.15. The van der Waals surface area contributed by atoms with Crippen molar-refractivity contribution in [3.8, 4) is 5.75 Å². The molecule has 0 fully saturated rings. The van der Waals surface area contributed by atoms with E-state index in [2.05, 4.69) is 0 Å². The van der Waals surface area contributed by atoms with E-state index in [0.717, 1.165) is 12.1 Å². The lowest BCUT2D eigenvalue weighted by Gasteiger charge is -2.15. The van der Waals surface area contributed by atoms with E-state index in [0.29, 0.717) is 0 Å². The Bertz CT molecular complexity index is 472. The molecule has 0 bridgehead atoms. The number of hydrazine groups is 1. The van der Waals surface area contributed by atoms with Crippen molar-refractivity contribution in [1.82, 2.24) is 5.43 Å². The molecule has 1 amide bonds. The maximum Gasteiger partial charge on any atom is 0.274 e. The van der Waals surface area contributed by atoms with Gasteiger partial charge in [-0.05, 0) is 6.92 Å². The van der Waals surface area contributed by atoms with Crippen molar-refractivity contribution in [1.29, 1.82) is 0 Å². The van der Waals surface area contributed by atoms with Crippen molar-refractivity contribution in [2.45, 2.75) is 13.0 Å². The SMILES string of the molecule is CC(Oc1c(Cl)cc([N+](=O)[O-])cc1Cl)C(=O)NN. The third-order valence-corrected chi connectivity index (χ3v) is 2.56. The van der Waals surface area contributed by atoms with Crippen LogP contribution in [0.2, 0.25) is 10.0 Å². The number of rotatable bonds is 4. The van der Waals surface area contributed by atoms with Gasteiger partial charge in [0.2, 0.25) is 0 Å². The van der Waals surface area contributed by atoms with Crippen LogP contribution < -0.4 is 16.0 Å². The van der Waals surface area contributed by atoms with Crippen LogP contribution in [0.15, 0.2) is 12.1 Å². The molecule has 18 heavy (non-hydrogen) atoms. The predicted molar refractivity (Wildman–Crippen MR) is 65.5 cm³/mol. The van der Waals surface area contributed by atoms with Crippen molar-refractivity contribution in [2.75, 3.05) is 0 Å². The first kappa shape index (κ1) is 14.5. The number of nitro groups is 1. The van der Waals surface area contributed by atoms with Gasteiger partial charge in [0.1, 0.15) is 0 Å². The second-order valence-corrected chi connectivity index (χ2v) is 4.08. The van der Waals surface area contributed by atoms with Crippen molar-refractivity contribution in [3.63, 3.8) is 0 Å². The fourth-order valence-corrected chi connectivity index (χ4v) is 1.68. The van der Waals surface area contributed by atoms with Crippen LogP contribution in [-0.2, 0) is 4.79 Å². The van der Waals surface area contributed by atoms with Crippen LogP contribution in [0, 0.1) is 10.1 Å². The number of nitro benzene ring substituents is 1. The molecule has 0 heterocycles. The van der Waals surface area contributed by atoms with Crippen molar-refractivity contribution in [2.24, 2.45) is 5.84 Å². The van der Waals surface area contributed by atoms with Gasteiger partial charge in [0.05, 0.1) is 15.0 Å². The molecule has 98 valence electrons. The average Bonchev–Trinajstić information content (AvgIpc) is 2.31. The Morgan fingerprint density at radius 1 is 1.50 bits per heavy atom. The van der Waals surface area contributed by atoms with Gasteiger partial charge in [0.25, 0.3) is 11.6 Å². The molecule has 0 aliphatic heterocycles. The first-order chi connectivity index (χ1) is 8.36. The Morgan fingerprint density at radius 3 is 2.39 bits per heavy atom. The van der Waals surface area contributed by atoms with Gasteiger partial charge in [-0.3, -0.25) is 20.3 Å². The number of non-ortho nitro benzene ring substituents is 1. The number of nitrogens with zero attached hydrogens (tertiary/aromatic N) is 1. The molecule has 1 unspecified atom stereocenters. The second kappa shape index (κ2) is 5.85. The minimum Gasteiger partial charge on any atom is -0.478 e. The molecule has 0 saturated heterocycles. The quantitative estimate of drug-likeness (QED) is 0.380. The van der Waals surface area contributed by atoms with Gasteiger partial charge in [-0.25, -0.2) is 5.84 Å². The highest BCUT2D eigenvalue weighted by atomic mass is 35.5. The van der Waals surface area contributed by atoms with E-state index < -0.39 is 16.9 Å². The number of hydrogen-bond acceptors (Lipinski definition) is 5. The molecule has 0 saturated carbocycles. The van der Waals surface area contributed by atoms with Gasteiger partial charge >= 0.3 is 0 Å². The zero-order valence-corrected chi connectivity index (χ0v) is 10.7. The van der Waals surface area contributed by atoms with Crippen LogP contribution in [0.1, 0.15) is 6.92 Å². The second-order valence-electron chi connectivity index (χ2n) is 3.26. The van der Waals surface area contributed by atoms with Gasteiger partial charge in [-0.2, -0.15) is 0 Å². The zero-order chi connectivity index (χ0) is 13.9. The molecule has 0 radical (unpaired) electrons. The summed E-state index contributed by atoms with van der Waals surface area (Å²) in [6, 6.07) is 2.16. The molecule has 0 aromatic heterocycles. The summed E-state index contributed by atoms with van der Waals surface area (Å²) in [5.74, 6) is 4.33. The molecule has 0 aliphatic carbocycles. The number of halogens is 2. The molecule has 1 aromatic carbocycles. The minimum absolute atomic E-state index is 0.0139. The van der Waals surface area contributed by atoms with Crippen molar-refractivity contribution in [3.05, 3.63) is 32.3 Å². The van der Waals surface area contributed by atoms with Crippen LogP contribution in [0.25, 0.3) is 0 Å². The van der Waals surface area contributed by atoms with Gasteiger partial charge < -0.3 is 4.74 Å². The maximum atomic E-state index is 11.2. The van der Waals surface area contributed by atoms with Gasteiger partial charge in [-0.15, -0.1) is 0 Å². The summed E-state index contributed by atoms with van der Waals surface area (Å²) in [6.07, 6.45) is -0.938. The topological polar surface area (TPSA) is 107 Å². The highest BCUT2D eigenvalue weighted by molar-refractivity contribution is 6.37. The number of benzene rings is 1. The Labute approximate surface area is 112 Å². The van der Waals surface area contributed by atoms with E-state index >= 15 is 0 Å². The highest BCUT2D eigenvalue weighted by Crippen LogP contribution is 2.37. The largest absolute Gasteiger partial charge is 0.478 e. The molecular formula is C9H9Cl2N3O4. The number of nitrogens with two attached hydrogens (primary N) is 1. The van der Waals surface area contributed by atoms with E-state index in [4.69, 9.17) is 33.8 Å². The first-order valence-corrected chi connectivity index (χ1v) is 5.43. The Morgan fingerprint density at radius 2 is 2.00 bits per heavy atom. The summed E-state index contributed by atoms with van der Waals surface area (Å²) in [5, 5.41) is 10.4. The summed E-state index contributed by atoms with van der Waals surface area (Å²) in [4.78, 5) is 21.1. The standard InChI is InChI=1S/C9H9Cl2N3O4/c1-4(9(15)13-12)18-8-6(10)2-5(14(16)17)3-7(8)11/h2-4H,12H2,1H3,(H,13,15). The van der Waals surface area contributed by atoms with Gasteiger partial charge in [0, 0.05) is 12.1 Å². The summed E-state index contributed by atoms with van der Waals surface area (Å²) >= 11 is 11.6. The predicted octanol–water partition coefficient (Wildman–Crippen LogP) is 1.66. The fraction of sp³-hybridized carbons (Fsp3) is 0.222. The minimum atomic E-state index is -0.938. The van der Waals surface area contributed by atoms with Crippen LogP contribution in [-0.4, -0.2) is 16.9 Å². The van der Waals surface area contributed by atoms with E-state index in [1.54, 1.807) is 0 Å². The van der Waals surface area contributed by atoms with Crippen LogP contribution in [0.4, 0.5) is 5.69 Å². The van der Waals surface area contributed by atoms with Gasteiger partial charge in [-0.1, -0.05) is 23.2 Å². The number of hydrogen-bond donors (Lipinski definition) is 2. The number of carbonyl (C=O) groups is 1. The third kappa shape index (κ3) is 3.22. The summed E-state index contributed by atoms with van der Waals surface area (Å²) in [7, 11) is 0. The van der Waals surface area contributed by atoms with Crippen LogP contribution in [0.5, 0.6) is 5.75 Å². The number of amides is 1. The fourth-order valence-electron chi connectivity index (χ4n) is 1.11. The Balaban J connectivity index is 3.04. The lowest BCUT2D eigenvalue weighted by atomic mass is 10.3. The van der Waals surface area contributed by atoms with Crippen LogP contribution in [0.3, 0.4) is 0 Å². The molecule has 0 spiro atoms. The van der Waals surface area contributed by atoms with Crippen molar-refractivity contribution < 1.29 is 14.5 Å². The summed E-state index contributed by atoms with van der Waals surface area (Å²) in [6.45, 7) is 1.43. The smallest absolute Gasteiger partial charge is 0.274 e. The van der Waals surface area contributed by atoms with E-state index in [9.17, 15) is 14.9 Å². The number of nitrogens with one attached hydrogen (secondary N) is 1. The summed E-state index contributed by atoms with van der Waals surface area (Å²) in [5.41, 5.74) is 1.63. The summed E-state index contributed by atoms with van der Waals surface area (Å²) < 4.78 is 5.18. The monoisotopic (exact) mass is 293 g/mol. The van der Waals surface area contributed by atoms with Crippen LogP contribution >= 0.6 is 23.2 Å². The Kier molecular flexibility index (Phi) is 4.71. The molecule has 9 heteroatoms. The molecule has 1 atom stereocenters. The molecule has 1 rings (SSSR count). The Hall–Kier alpha value is -1.57. The van der Waals surface area contributed by atoms with E-state index in [1.807, 2.05) is 5.43 Å². The molecule has 1 aromatic rings. The third-order valence-electron chi connectivity index (χ3n) is 2.00. The van der Waals surface area contributed by atoms with Crippen molar-refractivity contribution >= 4 is 34.8 Å². The lowest BCUT2D eigenvalue weighted by Crippen LogP contribution is -2.40. The van der Waals surface area contributed by atoms with E-state index in [1.165, 1.54) is 6.92 Å². The first-order valence-electron chi connectivity index (χ1n) is 4.67. The average molecular weight is 294 g/mol. The molecule has 7 nitrogen and oxygen atoms in total. The lowest BCUT2D eigenvalue weighted by molar-refractivity contribution is -0.384. The maximum absolute atomic E-state index is 11.2. The molecular weight excluding hydrogens is 285 g/mol. The highest BCUT2D eigenvalue weighted by Gasteiger charge is 2.20. The molecule has 0 aliphatic rings. The molecule has 3 N–H and O–H groups in total. The normalized spacial score (nSPS) is 11.8. The number of carbonyl (C=O) groups excluding carboxylic acids is 1. The van der Waals surface area contributed by atoms with Gasteiger partial charge in [0.15, 0.2) is 11.9 Å². The van der Waals surface area contributed by atoms with E-state index in [-0.39, 0.29) is 21.5 Å².